The molecule has 0 aliphatic carbocycles. The molecule has 0 saturated heterocycles. The van der Waals surface area contributed by atoms with Gasteiger partial charge in [-0.05, 0) is 40.2 Å². The zero-order valence-corrected chi connectivity index (χ0v) is 19.3. The van der Waals surface area contributed by atoms with Crippen LogP contribution in [-0.2, 0) is 11.3 Å². The lowest BCUT2D eigenvalue weighted by Gasteiger charge is -2.19. The molecule has 0 bridgehead atoms. The van der Waals surface area contributed by atoms with Crippen LogP contribution in [0, 0.1) is 0 Å². The highest BCUT2D eigenvalue weighted by Gasteiger charge is 2.15. The van der Waals surface area contributed by atoms with Crippen LogP contribution in [0.1, 0.15) is 39.7 Å². The van der Waals surface area contributed by atoms with Gasteiger partial charge in [-0.1, -0.05) is 18.2 Å². The fourth-order valence-electron chi connectivity index (χ4n) is 2.14. The molecule has 8 heteroatoms. The van der Waals surface area contributed by atoms with Crippen molar-refractivity contribution in [2.75, 3.05) is 26.7 Å². The summed E-state index contributed by atoms with van der Waals surface area (Å²) in [4.78, 5) is 16.2. The van der Waals surface area contributed by atoms with E-state index in [1.165, 1.54) is 0 Å². The third-order valence-electron chi connectivity index (χ3n) is 3.26. The van der Waals surface area contributed by atoms with Crippen molar-refractivity contribution in [1.82, 2.24) is 16.0 Å². The van der Waals surface area contributed by atoms with Crippen molar-refractivity contribution in [2.45, 2.75) is 46.3 Å². The lowest BCUT2D eigenvalue weighted by molar-refractivity contribution is 0.0527. The van der Waals surface area contributed by atoms with Gasteiger partial charge in [-0.15, -0.1) is 24.0 Å². The Labute approximate surface area is 179 Å². The fourth-order valence-corrected chi connectivity index (χ4v) is 2.14. The first kappa shape index (κ1) is 25.3. The predicted octanol–water partition coefficient (Wildman–Crippen LogP) is 3.28. The lowest BCUT2D eigenvalue weighted by atomic mass is 10.2. The van der Waals surface area contributed by atoms with Gasteiger partial charge in [0.15, 0.2) is 5.96 Å². The van der Waals surface area contributed by atoms with Crippen LogP contribution in [0.3, 0.4) is 0 Å². The van der Waals surface area contributed by atoms with E-state index in [0.717, 1.165) is 30.2 Å². The predicted molar refractivity (Wildman–Crippen MR) is 120 cm³/mol. The number of para-hydroxylation sites is 1. The molecule has 7 nitrogen and oxygen atoms in total. The molecule has 0 spiro atoms. The summed E-state index contributed by atoms with van der Waals surface area (Å²) in [6.45, 7) is 10.1. The summed E-state index contributed by atoms with van der Waals surface area (Å²) < 4.78 is 10.5. The molecule has 1 aromatic rings. The maximum atomic E-state index is 11.6. The minimum Gasteiger partial charge on any atom is -0.496 e. The minimum atomic E-state index is -0.480. The lowest BCUT2D eigenvalue weighted by Crippen LogP contribution is -2.39. The number of benzene rings is 1. The van der Waals surface area contributed by atoms with Crippen LogP contribution in [0.5, 0.6) is 5.75 Å². The van der Waals surface area contributed by atoms with E-state index in [1.54, 1.807) is 7.11 Å². The number of halogens is 1. The number of carbonyl (C=O) groups excluding carboxylic acids is 1. The molecule has 0 unspecified atom stereocenters. The van der Waals surface area contributed by atoms with Crippen molar-refractivity contribution in [3.8, 4) is 5.75 Å². The molecular formula is C19H33IN4O3. The van der Waals surface area contributed by atoms with Crippen molar-refractivity contribution in [2.24, 2.45) is 4.99 Å². The van der Waals surface area contributed by atoms with Crippen LogP contribution < -0.4 is 20.7 Å². The molecule has 27 heavy (non-hydrogen) atoms. The topological polar surface area (TPSA) is 84.0 Å². The quantitative estimate of drug-likeness (QED) is 0.225. The number of guanidine groups is 1. The summed E-state index contributed by atoms with van der Waals surface area (Å²) >= 11 is 0. The number of aliphatic imine (C=N–C) groups is 1. The first-order valence-corrected chi connectivity index (χ1v) is 8.96. The third-order valence-corrected chi connectivity index (χ3v) is 3.26. The second kappa shape index (κ2) is 13.5. The van der Waals surface area contributed by atoms with E-state index >= 15 is 0 Å². The summed E-state index contributed by atoms with van der Waals surface area (Å²) in [7, 11) is 1.66. The molecule has 0 aliphatic heterocycles. The molecule has 1 aromatic carbocycles. The second-order valence-corrected chi connectivity index (χ2v) is 6.72. The number of alkyl carbamates (subject to hydrolysis) is 1. The van der Waals surface area contributed by atoms with Crippen LogP contribution in [0.4, 0.5) is 4.79 Å². The summed E-state index contributed by atoms with van der Waals surface area (Å²) in [5.41, 5.74) is 0.546. The van der Waals surface area contributed by atoms with E-state index in [9.17, 15) is 4.79 Å². The summed E-state index contributed by atoms with van der Waals surface area (Å²) in [5.74, 6) is 1.56. The average Bonchev–Trinajstić information content (AvgIpc) is 2.58. The van der Waals surface area contributed by atoms with E-state index in [-0.39, 0.29) is 24.0 Å². The second-order valence-electron chi connectivity index (χ2n) is 6.72. The molecule has 1 amide bonds. The Kier molecular flexibility index (Phi) is 12.6. The van der Waals surface area contributed by atoms with E-state index in [4.69, 9.17) is 9.47 Å². The number of amides is 1. The van der Waals surface area contributed by atoms with Gasteiger partial charge in [0, 0.05) is 25.2 Å². The molecule has 0 heterocycles. The molecule has 154 valence electrons. The van der Waals surface area contributed by atoms with Crippen molar-refractivity contribution >= 4 is 36.0 Å². The molecule has 0 fully saturated rings. The number of methoxy groups -OCH3 is 1. The highest BCUT2D eigenvalue weighted by Crippen LogP contribution is 2.17. The molecular weight excluding hydrogens is 459 g/mol. The van der Waals surface area contributed by atoms with Crippen LogP contribution in [-0.4, -0.2) is 44.4 Å². The molecule has 1 rings (SSSR count). The first-order valence-electron chi connectivity index (χ1n) is 8.96. The number of hydrogen-bond acceptors (Lipinski definition) is 4. The van der Waals surface area contributed by atoms with Gasteiger partial charge in [0.25, 0.3) is 0 Å². The minimum absolute atomic E-state index is 0. The highest BCUT2D eigenvalue weighted by atomic mass is 127. The van der Waals surface area contributed by atoms with Gasteiger partial charge in [0.2, 0.25) is 0 Å². The van der Waals surface area contributed by atoms with Gasteiger partial charge in [0.05, 0.1) is 13.7 Å². The maximum Gasteiger partial charge on any atom is 0.407 e. The number of hydrogen-bond donors (Lipinski definition) is 3. The van der Waals surface area contributed by atoms with Gasteiger partial charge < -0.3 is 25.4 Å². The smallest absolute Gasteiger partial charge is 0.407 e. The van der Waals surface area contributed by atoms with Gasteiger partial charge in [-0.2, -0.15) is 0 Å². The van der Waals surface area contributed by atoms with Gasteiger partial charge >= 0.3 is 6.09 Å². The molecule has 0 aliphatic rings. The molecule has 0 atom stereocenters. The molecule has 0 aromatic heterocycles. The zero-order valence-electron chi connectivity index (χ0n) is 16.9. The van der Waals surface area contributed by atoms with E-state index in [0.29, 0.717) is 19.6 Å². The van der Waals surface area contributed by atoms with E-state index in [2.05, 4.69) is 20.9 Å². The Hall–Kier alpha value is -1.71. The van der Waals surface area contributed by atoms with Crippen molar-refractivity contribution in [3.63, 3.8) is 0 Å². The number of nitrogens with zero attached hydrogens (tertiary/aromatic N) is 1. The third kappa shape index (κ3) is 11.6. The van der Waals surface area contributed by atoms with Crippen molar-refractivity contribution in [1.29, 1.82) is 0 Å². The SMILES string of the molecule is CCNC(=NCc1ccccc1OC)NCCCNC(=O)OC(C)(C)C.I. The molecule has 0 saturated carbocycles. The summed E-state index contributed by atoms with van der Waals surface area (Å²) in [5, 5.41) is 9.20. The average molecular weight is 492 g/mol. The first-order chi connectivity index (χ1) is 12.4. The highest BCUT2D eigenvalue weighted by molar-refractivity contribution is 14.0. The number of carbonyl (C=O) groups is 1. The molecule has 3 N–H and O–H groups in total. The van der Waals surface area contributed by atoms with Gasteiger partial charge in [-0.3, -0.25) is 0 Å². The Morgan fingerprint density at radius 1 is 1.11 bits per heavy atom. The number of ether oxygens (including phenoxy) is 2. The fraction of sp³-hybridized carbons (Fsp3) is 0.579. The van der Waals surface area contributed by atoms with Gasteiger partial charge in [-0.25, -0.2) is 9.79 Å². The Bertz CT molecular complexity index is 589. The van der Waals surface area contributed by atoms with Crippen LogP contribution in [0.2, 0.25) is 0 Å². The van der Waals surface area contributed by atoms with Gasteiger partial charge in [0.1, 0.15) is 11.4 Å². The summed E-state index contributed by atoms with van der Waals surface area (Å²) in [6.07, 6.45) is 0.368. The number of nitrogens with one attached hydrogen (secondary N) is 3. The Balaban J connectivity index is 0.00000676. The number of rotatable bonds is 8. The monoisotopic (exact) mass is 492 g/mol. The largest absolute Gasteiger partial charge is 0.496 e. The van der Waals surface area contributed by atoms with Crippen molar-refractivity contribution < 1.29 is 14.3 Å². The van der Waals surface area contributed by atoms with E-state index in [1.807, 2.05) is 52.0 Å². The van der Waals surface area contributed by atoms with Crippen LogP contribution in [0.15, 0.2) is 29.3 Å². The van der Waals surface area contributed by atoms with Crippen LogP contribution >= 0.6 is 24.0 Å². The Morgan fingerprint density at radius 2 is 1.78 bits per heavy atom. The normalized spacial score (nSPS) is 11.2. The standard InChI is InChI=1S/C19H32N4O3.HI/c1-6-20-17(23-14-15-10-7-8-11-16(15)25-5)21-12-9-13-22-18(24)26-19(2,3)4;/h7-8,10-11H,6,9,12-14H2,1-5H3,(H,22,24)(H2,20,21,23);1H. The molecule has 0 radical (unpaired) electrons. The Morgan fingerprint density at radius 3 is 2.41 bits per heavy atom. The maximum absolute atomic E-state index is 11.6. The van der Waals surface area contributed by atoms with Crippen molar-refractivity contribution in [3.05, 3.63) is 29.8 Å². The van der Waals surface area contributed by atoms with E-state index < -0.39 is 11.7 Å². The zero-order chi connectivity index (χ0) is 19.4. The summed E-state index contributed by atoms with van der Waals surface area (Å²) in [6, 6.07) is 7.83. The van der Waals surface area contributed by atoms with Crippen LogP contribution in [0.25, 0.3) is 0 Å².